The molecule has 60 heavy (non-hydrogen) atoms. The summed E-state index contributed by atoms with van der Waals surface area (Å²) in [5, 5.41) is 4.98. The van der Waals surface area contributed by atoms with Crippen LogP contribution in [0.4, 0.5) is 34.1 Å². The summed E-state index contributed by atoms with van der Waals surface area (Å²) < 4.78 is 0. The van der Waals surface area contributed by atoms with E-state index in [2.05, 4.69) is 256 Å². The van der Waals surface area contributed by atoms with Crippen LogP contribution in [0.5, 0.6) is 0 Å². The average molecular weight is 773 g/mol. The molecule has 0 saturated heterocycles. The Hall–Kier alpha value is -7.42. The molecule has 0 amide bonds. The van der Waals surface area contributed by atoms with Gasteiger partial charge < -0.3 is 9.80 Å². The molecular formula is C58H48N2. The van der Waals surface area contributed by atoms with Crippen LogP contribution >= 0.6 is 0 Å². The molecule has 0 atom stereocenters. The molecule has 9 rings (SSSR count). The van der Waals surface area contributed by atoms with Gasteiger partial charge in [0.05, 0.1) is 0 Å². The Morgan fingerprint density at radius 3 is 0.750 bits per heavy atom. The predicted octanol–water partition coefficient (Wildman–Crippen LogP) is 16.5. The van der Waals surface area contributed by atoms with Gasteiger partial charge in [0.25, 0.3) is 0 Å². The standard InChI is InChI=1S/C58H48N2/c1-41-5-27-51(28-6-41)59(52-29-7-42(2)8-30-52)55-35-19-45(20-36-55)13-15-47-17-23-49-25-26-50-24-18-48(40-58(50)57(49)39-47)16-14-46-21-37-56(38-22-46)60(53-31-9-43(3)10-32-53)54-33-11-44(4)12-34-54/h5-40H,1-4H3/b15-13-,16-14-. The number of benzene rings is 9. The number of hydrogen-bond donors (Lipinski definition) is 0. The molecule has 0 aliphatic carbocycles. The van der Waals surface area contributed by atoms with Crippen LogP contribution in [0.1, 0.15) is 44.5 Å². The summed E-state index contributed by atoms with van der Waals surface area (Å²) in [5.41, 5.74) is 16.5. The van der Waals surface area contributed by atoms with Crippen LogP contribution < -0.4 is 9.80 Å². The lowest BCUT2D eigenvalue weighted by Gasteiger charge is -2.25. The van der Waals surface area contributed by atoms with Gasteiger partial charge >= 0.3 is 0 Å². The maximum Gasteiger partial charge on any atom is 0.0462 e. The second kappa shape index (κ2) is 16.8. The summed E-state index contributed by atoms with van der Waals surface area (Å²) in [4.78, 5) is 4.63. The maximum absolute atomic E-state index is 2.32. The highest BCUT2D eigenvalue weighted by Gasteiger charge is 2.14. The van der Waals surface area contributed by atoms with Gasteiger partial charge in [-0.2, -0.15) is 0 Å². The van der Waals surface area contributed by atoms with Gasteiger partial charge in [-0.05, 0) is 156 Å². The van der Waals surface area contributed by atoms with E-state index in [1.165, 1.54) is 54.9 Å². The number of hydrogen-bond acceptors (Lipinski definition) is 2. The Morgan fingerprint density at radius 1 is 0.250 bits per heavy atom. The molecule has 2 nitrogen and oxygen atoms in total. The normalized spacial score (nSPS) is 11.5. The molecule has 0 heterocycles. The smallest absolute Gasteiger partial charge is 0.0462 e. The lowest BCUT2D eigenvalue weighted by molar-refractivity contribution is 1.27. The highest BCUT2D eigenvalue weighted by atomic mass is 15.1. The Labute approximate surface area is 354 Å². The molecular weight excluding hydrogens is 725 g/mol. The zero-order chi connectivity index (χ0) is 41.0. The maximum atomic E-state index is 2.32. The van der Waals surface area contributed by atoms with Crippen molar-refractivity contribution in [3.05, 3.63) is 239 Å². The first kappa shape index (κ1) is 38.1. The number of rotatable bonds is 10. The quantitative estimate of drug-likeness (QED) is 0.101. The van der Waals surface area contributed by atoms with Crippen molar-refractivity contribution in [1.29, 1.82) is 0 Å². The monoisotopic (exact) mass is 772 g/mol. The molecule has 9 aromatic rings. The van der Waals surface area contributed by atoms with Gasteiger partial charge in [0, 0.05) is 34.1 Å². The van der Waals surface area contributed by atoms with Crippen LogP contribution in [0.2, 0.25) is 0 Å². The van der Waals surface area contributed by atoms with E-state index in [-0.39, 0.29) is 0 Å². The fraction of sp³-hybridized carbons (Fsp3) is 0.0690. The number of anilines is 6. The second-order valence-electron chi connectivity index (χ2n) is 15.9. The zero-order valence-corrected chi connectivity index (χ0v) is 34.7. The molecule has 0 N–H and O–H groups in total. The molecule has 0 unspecified atom stereocenters. The van der Waals surface area contributed by atoms with E-state index in [0.717, 1.165) is 45.3 Å². The van der Waals surface area contributed by atoms with Gasteiger partial charge in [-0.1, -0.05) is 156 Å². The first-order valence-electron chi connectivity index (χ1n) is 20.7. The van der Waals surface area contributed by atoms with Crippen molar-refractivity contribution in [2.24, 2.45) is 0 Å². The van der Waals surface area contributed by atoms with E-state index >= 15 is 0 Å². The number of nitrogens with zero attached hydrogens (tertiary/aromatic N) is 2. The van der Waals surface area contributed by atoms with Crippen LogP contribution in [0.25, 0.3) is 45.8 Å². The SMILES string of the molecule is Cc1ccc(N(c2ccc(C)cc2)c2ccc(/C=C\c3ccc4ccc5ccc(/C=C\c6ccc(N(c7ccc(C)cc7)c7ccc(C)cc7)cc6)cc5c4c3)cc2)cc1. The minimum atomic E-state index is 1.13. The minimum Gasteiger partial charge on any atom is -0.311 e. The van der Waals surface area contributed by atoms with Crippen molar-refractivity contribution >= 4 is 80.0 Å². The molecule has 0 aliphatic rings. The highest BCUT2D eigenvalue weighted by molar-refractivity contribution is 6.09. The van der Waals surface area contributed by atoms with Gasteiger partial charge in [-0.25, -0.2) is 0 Å². The average Bonchev–Trinajstić information content (AvgIpc) is 3.28. The van der Waals surface area contributed by atoms with Crippen LogP contribution in [0.15, 0.2) is 194 Å². The van der Waals surface area contributed by atoms with Gasteiger partial charge in [-0.15, -0.1) is 0 Å². The van der Waals surface area contributed by atoms with E-state index in [1.807, 2.05) is 0 Å². The Balaban J connectivity index is 0.951. The Morgan fingerprint density at radius 2 is 0.467 bits per heavy atom. The summed E-state index contributed by atoms with van der Waals surface area (Å²) >= 11 is 0. The number of aryl methyl sites for hydroxylation is 4. The summed E-state index contributed by atoms with van der Waals surface area (Å²) in [6.45, 7) is 8.51. The summed E-state index contributed by atoms with van der Waals surface area (Å²) in [5.74, 6) is 0. The van der Waals surface area contributed by atoms with Gasteiger partial charge in [0.15, 0.2) is 0 Å². The summed E-state index contributed by atoms with van der Waals surface area (Å²) in [7, 11) is 0. The lowest BCUT2D eigenvalue weighted by atomic mass is 9.97. The van der Waals surface area contributed by atoms with E-state index in [0.29, 0.717) is 0 Å². The van der Waals surface area contributed by atoms with E-state index in [9.17, 15) is 0 Å². The van der Waals surface area contributed by atoms with E-state index in [1.54, 1.807) is 0 Å². The third kappa shape index (κ3) is 8.41. The van der Waals surface area contributed by atoms with Crippen molar-refractivity contribution in [1.82, 2.24) is 0 Å². The van der Waals surface area contributed by atoms with E-state index < -0.39 is 0 Å². The first-order valence-corrected chi connectivity index (χ1v) is 20.7. The topological polar surface area (TPSA) is 6.48 Å². The molecule has 0 radical (unpaired) electrons. The molecule has 0 spiro atoms. The van der Waals surface area contributed by atoms with E-state index in [4.69, 9.17) is 0 Å². The van der Waals surface area contributed by atoms with Gasteiger partial charge in [-0.3, -0.25) is 0 Å². The van der Waals surface area contributed by atoms with Crippen molar-refractivity contribution in [3.63, 3.8) is 0 Å². The second-order valence-corrected chi connectivity index (χ2v) is 15.9. The fourth-order valence-electron chi connectivity index (χ4n) is 7.82. The van der Waals surface area contributed by atoms with Gasteiger partial charge in [0.2, 0.25) is 0 Å². The molecule has 0 fully saturated rings. The number of fused-ring (bicyclic) bond motifs is 3. The van der Waals surface area contributed by atoms with Crippen molar-refractivity contribution < 1.29 is 0 Å². The molecule has 2 heteroatoms. The highest BCUT2D eigenvalue weighted by Crippen LogP contribution is 2.37. The Kier molecular flexibility index (Phi) is 10.7. The van der Waals surface area contributed by atoms with Crippen LogP contribution in [0, 0.1) is 27.7 Å². The first-order chi connectivity index (χ1) is 29.3. The molecule has 0 bridgehead atoms. The van der Waals surface area contributed by atoms with Crippen LogP contribution in [0.3, 0.4) is 0 Å². The Bertz CT molecular complexity index is 2660. The fourth-order valence-corrected chi connectivity index (χ4v) is 7.82. The zero-order valence-electron chi connectivity index (χ0n) is 34.7. The largest absolute Gasteiger partial charge is 0.311 e. The molecule has 290 valence electrons. The lowest BCUT2D eigenvalue weighted by Crippen LogP contribution is -2.09. The van der Waals surface area contributed by atoms with Crippen molar-refractivity contribution in [2.75, 3.05) is 9.80 Å². The van der Waals surface area contributed by atoms with Crippen molar-refractivity contribution in [3.8, 4) is 0 Å². The molecule has 0 aliphatic heterocycles. The third-order valence-corrected chi connectivity index (χ3v) is 11.3. The summed E-state index contributed by atoms with van der Waals surface area (Å²) in [6.07, 6.45) is 8.85. The molecule has 9 aromatic carbocycles. The minimum absolute atomic E-state index is 1.13. The molecule has 0 saturated carbocycles. The predicted molar refractivity (Wildman–Crippen MR) is 261 cm³/mol. The third-order valence-electron chi connectivity index (χ3n) is 11.3. The van der Waals surface area contributed by atoms with Gasteiger partial charge in [0.1, 0.15) is 0 Å². The van der Waals surface area contributed by atoms with Crippen LogP contribution in [-0.4, -0.2) is 0 Å². The molecule has 0 aromatic heterocycles. The van der Waals surface area contributed by atoms with Crippen molar-refractivity contribution in [2.45, 2.75) is 27.7 Å². The summed E-state index contributed by atoms with van der Waals surface area (Å²) in [6, 6.07) is 70.5. The van der Waals surface area contributed by atoms with Crippen LogP contribution in [-0.2, 0) is 0 Å².